The first kappa shape index (κ1) is 57.3. The van der Waals surface area contributed by atoms with Crippen LogP contribution in [0.5, 0.6) is 0 Å². The van der Waals surface area contributed by atoms with E-state index in [-0.39, 0.29) is 25.3 Å². The van der Waals surface area contributed by atoms with Crippen molar-refractivity contribution in [3.05, 3.63) is 201 Å². The van der Waals surface area contributed by atoms with Crippen LogP contribution in [0, 0.1) is 0 Å². The molecule has 0 spiro atoms. The molecule has 0 bridgehead atoms. The third-order valence-corrected chi connectivity index (χ3v) is 9.32. The number of hydrogen-bond acceptors (Lipinski definition) is 6. The van der Waals surface area contributed by atoms with E-state index in [9.17, 15) is 55.2 Å². The molecule has 358 valence electrons. The normalized spacial score (nSPS) is 12.6. The van der Waals surface area contributed by atoms with Crippen LogP contribution in [0.15, 0.2) is 201 Å². The summed E-state index contributed by atoms with van der Waals surface area (Å²) in [5.41, 5.74) is 5.29. The second-order valence-electron chi connectivity index (χ2n) is 13.1. The third kappa shape index (κ3) is 29.5. The Balaban J connectivity index is 0.000000295. The van der Waals surface area contributed by atoms with Crippen molar-refractivity contribution in [2.45, 2.75) is 13.8 Å². The number of Topliss-reactive ketones (excluding diaryl/α,β-unsaturated/α-hetero) is 1. The van der Waals surface area contributed by atoms with Gasteiger partial charge in [0.05, 0.1) is 42.2 Å². The summed E-state index contributed by atoms with van der Waals surface area (Å²) >= 11 is 0. The van der Waals surface area contributed by atoms with Crippen LogP contribution in [0.4, 0.5) is 50.4 Å². The summed E-state index contributed by atoms with van der Waals surface area (Å²) in [6, 6.07) is 54.6. The number of halogens is 12. The van der Waals surface area contributed by atoms with Crippen molar-refractivity contribution in [2.75, 3.05) is 0 Å². The van der Waals surface area contributed by atoms with Crippen LogP contribution >= 0.6 is 23.7 Å². The van der Waals surface area contributed by atoms with Crippen LogP contribution in [0.1, 0.15) is 13.8 Å². The van der Waals surface area contributed by atoms with Crippen LogP contribution in [-0.4, -0.2) is 35.0 Å². The van der Waals surface area contributed by atoms with E-state index in [1.807, 2.05) is 91.0 Å². The molecule has 0 radical (unpaired) electrons. The molecule has 0 aliphatic rings. The molecule has 8 rings (SSSR count). The van der Waals surface area contributed by atoms with E-state index >= 15 is 0 Å². The smallest absolute Gasteiger partial charge is 0.325 e. The Morgan fingerprint density at radius 2 is 0.627 bits per heavy atom. The molecule has 67 heavy (non-hydrogen) atoms. The van der Waals surface area contributed by atoms with E-state index in [0.29, 0.717) is 0 Å². The number of rotatable bonds is 6. The van der Waals surface area contributed by atoms with Gasteiger partial charge in [-0.2, -0.15) is 0 Å². The summed E-state index contributed by atoms with van der Waals surface area (Å²) in [7, 11) is -21.8. The minimum absolute atomic E-state index is 0. The summed E-state index contributed by atoms with van der Waals surface area (Å²) in [6.07, 6.45) is 11.4. The number of pyridine rings is 5. The number of carbonyl (C=O) groups excluding carboxylic acids is 1. The van der Waals surface area contributed by atoms with Gasteiger partial charge in [0.2, 0.25) is 0 Å². The standard InChI is InChI=1S/C16H14NP.C15H11N3.C10H8N2.C3H6O.2F6P.Ru/c1-3-9-15(10-4-1)18(17-13-7-8-14-17)16-11-5-2-6-12-16;1-3-10-16-12(6-1)14-8-5-9-15(18-14)13-7-2-4-11-17-13;1-3-7-11-9(5-1)10-6-2-4-8-12-10;1-3(2)4;2*1-7(2,3,4,5)6;/h1-14H;1-11H;1-8H;1-2H3;;;/q;;;;2*-1;+2. The summed E-state index contributed by atoms with van der Waals surface area (Å²) in [4.78, 5) is 31.0. The number of aromatic nitrogens is 6. The number of hydrogen-bond donors (Lipinski definition) is 0. The summed E-state index contributed by atoms with van der Waals surface area (Å²) in [6.45, 7) is 3.06. The number of carbonyl (C=O) groups is 1. The van der Waals surface area contributed by atoms with Gasteiger partial charge in [0.15, 0.2) is 0 Å². The van der Waals surface area contributed by atoms with Gasteiger partial charge in [-0.25, -0.2) is 4.98 Å². The fourth-order valence-corrected chi connectivity index (χ4v) is 6.95. The van der Waals surface area contributed by atoms with Gasteiger partial charge < -0.3 is 9.13 Å². The second-order valence-corrected chi connectivity index (χ2v) is 19.1. The van der Waals surface area contributed by atoms with Gasteiger partial charge >= 0.3 is 85.5 Å². The molecule has 6 heterocycles. The van der Waals surface area contributed by atoms with Gasteiger partial charge in [-0.05, 0) is 86.6 Å². The second kappa shape index (κ2) is 23.3. The first-order valence-electron chi connectivity index (χ1n) is 18.7. The van der Waals surface area contributed by atoms with Crippen LogP contribution in [0.3, 0.4) is 0 Å². The maximum absolute atomic E-state index is 10.7. The zero-order chi connectivity index (χ0) is 49.0. The molecule has 23 heteroatoms. The van der Waals surface area contributed by atoms with E-state index in [1.165, 1.54) is 24.5 Å². The van der Waals surface area contributed by atoms with Crippen LogP contribution < -0.4 is 10.6 Å². The quantitative estimate of drug-likeness (QED) is 0.0937. The van der Waals surface area contributed by atoms with E-state index in [2.05, 4.69) is 114 Å². The minimum atomic E-state index is -10.7. The molecule has 0 atom stereocenters. The first-order valence-corrected chi connectivity index (χ1v) is 24.1. The fraction of sp³-hybridized carbons (Fsp3) is 0.0455. The van der Waals surface area contributed by atoms with Gasteiger partial charge in [-0.15, -0.1) is 0 Å². The van der Waals surface area contributed by atoms with Gasteiger partial charge in [0.1, 0.15) is 5.78 Å². The Morgan fingerprint density at radius 1 is 0.388 bits per heavy atom. The Labute approximate surface area is 391 Å². The van der Waals surface area contributed by atoms with E-state index in [0.717, 1.165) is 34.2 Å². The van der Waals surface area contributed by atoms with Crippen molar-refractivity contribution in [3.63, 3.8) is 0 Å². The molecule has 6 aromatic heterocycles. The molecular weight excluding hydrogens is 1050 g/mol. The molecule has 0 amide bonds. The zero-order valence-electron chi connectivity index (χ0n) is 34.9. The molecule has 0 saturated heterocycles. The monoisotopic (exact) mass is 1090 g/mol. The molecular formula is C44H39F12N6OP3Ru. The van der Waals surface area contributed by atoms with E-state index in [1.54, 1.807) is 24.8 Å². The van der Waals surface area contributed by atoms with Crippen molar-refractivity contribution in [1.82, 2.24) is 29.3 Å². The van der Waals surface area contributed by atoms with Gasteiger partial charge in [-0.3, -0.25) is 19.9 Å². The molecule has 0 aliphatic carbocycles. The van der Waals surface area contributed by atoms with Crippen molar-refractivity contribution in [1.29, 1.82) is 0 Å². The predicted molar refractivity (Wildman–Crippen MR) is 241 cm³/mol. The van der Waals surface area contributed by atoms with Crippen LogP contribution in [0.25, 0.3) is 34.2 Å². The van der Waals surface area contributed by atoms with Gasteiger partial charge in [0.25, 0.3) is 0 Å². The molecule has 0 unspecified atom stereocenters. The number of ketones is 1. The Morgan fingerprint density at radius 3 is 0.881 bits per heavy atom. The number of benzene rings is 2. The molecule has 7 nitrogen and oxygen atoms in total. The third-order valence-electron chi connectivity index (χ3n) is 7.02. The maximum Gasteiger partial charge on any atom is 2.00 e. The van der Waals surface area contributed by atoms with Crippen molar-refractivity contribution >= 4 is 40.1 Å². The largest absolute Gasteiger partial charge is 2.00 e. The Kier molecular flexibility index (Phi) is 19.9. The van der Waals surface area contributed by atoms with Crippen LogP contribution in [0.2, 0.25) is 0 Å². The van der Waals surface area contributed by atoms with E-state index < -0.39 is 23.7 Å². The zero-order valence-corrected chi connectivity index (χ0v) is 39.3. The summed E-state index contributed by atoms with van der Waals surface area (Å²) < 4.78 is 121. The van der Waals surface area contributed by atoms with Gasteiger partial charge in [-0.1, -0.05) is 91.0 Å². The molecule has 2 aromatic carbocycles. The van der Waals surface area contributed by atoms with Crippen molar-refractivity contribution < 1.29 is 74.6 Å². The fourth-order valence-electron chi connectivity index (χ4n) is 4.79. The first-order chi connectivity index (χ1) is 30.5. The van der Waals surface area contributed by atoms with Crippen molar-refractivity contribution in [2.24, 2.45) is 0 Å². The predicted octanol–water partition coefficient (Wildman–Crippen LogP) is 16.1. The maximum atomic E-state index is 9.87. The number of nitrogens with zero attached hydrogens (tertiary/aromatic N) is 6. The average Bonchev–Trinajstić information content (AvgIpc) is 3.79. The SMILES string of the molecule is CC(C)=O.F[P-](F)(F)(F)(F)F.F[P-](F)(F)(F)(F)F.[Ru+2].c1ccc(-c2cccc(-c3ccccn3)n2)nc1.c1ccc(-c2ccccn2)nc1.c1ccc(P(c2ccccc2)n2cccc2)cc1. The van der Waals surface area contributed by atoms with E-state index in [4.69, 9.17) is 0 Å². The van der Waals surface area contributed by atoms with Gasteiger partial charge in [0, 0.05) is 47.8 Å². The summed E-state index contributed by atoms with van der Waals surface area (Å²) in [5.74, 6) is 0.167. The molecule has 0 saturated carbocycles. The van der Waals surface area contributed by atoms with Crippen LogP contribution in [-0.2, 0) is 24.3 Å². The van der Waals surface area contributed by atoms with Crippen molar-refractivity contribution in [3.8, 4) is 34.2 Å². The molecule has 8 aromatic rings. The molecule has 0 N–H and O–H groups in total. The molecule has 0 aliphatic heterocycles. The molecule has 0 fully saturated rings. The topological polar surface area (TPSA) is 86.4 Å². The summed E-state index contributed by atoms with van der Waals surface area (Å²) in [5, 5.41) is 2.74. The Hall–Kier alpha value is -5.79. The Bertz CT molecular complexity index is 2470. The minimum Gasteiger partial charge on any atom is -0.325 e. The average molecular weight is 1090 g/mol.